The number of rotatable bonds is 5. The van der Waals surface area contributed by atoms with Gasteiger partial charge < -0.3 is 15.5 Å². The molecule has 0 unspecified atom stereocenters. The molecule has 0 atom stereocenters. The van der Waals surface area contributed by atoms with E-state index in [1.807, 2.05) is 11.0 Å². The van der Waals surface area contributed by atoms with Crippen LogP contribution in [0.3, 0.4) is 0 Å². The van der Waals surface area contributed by atoms with E-state index in [1.54, 1.807) is 20.0 Å². The molecule has 1 amide bonds. The summed E-state index contributed by atoms with van der Waals surface area (Å²) in [5, 5.41) is 6.43. The van der Waals surface area contributed by atoms with Crippen LogP contribution in [-0.2, 0) is 11.3 Å². The Kier molecular flexibility index (Phi) is 9.73. The number of carbonyl (C=O) groups excluding carboxylic acids is 1. The lowest BCUT2D eigenvalue weighted by Gasteiger charge is -2.34. The average Bonchev–Trinajstić information content (AvgIpc) is 2.58. The van der Waals surface area contributed by atoms with E-state index in [1.165, 1.54) is 12.1 Å². The lowest BCUT2D eigenvalue weighted by Crippen LogP contribution is -2.50. The van der Waals surface area contributed by atoms with E-state index < -0.39 is 0 Å². The summed E-state index contributed by atoms with van der Waals surface area (Å²) < 4.78 is 13.2. The summed E-state index contributed by atoms with van der Waals surface area (Å²) in [6, 6.07) is 6.51. The highest BCUT2D eigenvalue weighted by atomic mass is 127. The van der Waals surface area contributed by atoms with Crippen molar-refractivity contribution in [3.05, 3.63) is 35.6 Å². The fourth-order valence-electron chi connectivity index (χ4n) is 2.67. The molecular formula is C17H27FIN5O. The number of guanidine groups is 1. The molecule has 0 spiro atoms. The maximum Gasteiger partial charge on any atom is 0.219 e. The highest BCUT2D eigenvalue weighted by molar-refractivity contribution is 14.0. The van der Waals surface area contributed by atoms with E-state index in [4.69, 9.17) is 0 Å². The lowest BCUT2D eigenvalue weighted by atomic mass is 10.2. The van der Waals surface area contributed by atoms with E-state index in [-0.39, 0.29) is 35.7 Å². The van der Waals surface area contributed by atoms with Gasteiger partial charge in [-0.2, -0.15) is 0 Å². The number of aliphatic imine (C=N–C) groups is 1. The summed E-state index contributed by atoms with van der Waals surface area (Å²) in [7, 11) is 1.71. The molecule has 1 saturated heterocycles. The van der Waals surface area contributed by atoms with Crippen molar-refractivity contribution in [3.8, 4) is 0 Å². The minimum atomic E-state index is -0.234. The number of nitrogens with one attached hydrogen (secondary N) is 2. The molecule has 1 aliphatic heterocycles. The van der Waals surface area contributed by atoms with Crippen LogP contribution in [0.1, 0.15) is 12.5 Å². The van der Waals surface area contributed by atoms with Crippen LogP contribution in [0.2, 0.25) is 0 Å². The third kappa shape index (κ3) is 7.55. The maximum absolute atomic E-state index is 13.2. The Bertz CT molecular complexity index is 576. The molecule has 140 valence electrons. The molecule has 2 rings (SSSR count). The molecule has 8 heteroatoms. The van der Waals surface area contributed by atoms with Gasteiger partial charge in [-0.25, -0.2) is 4.39 Å². The Morgan fingerprint density at radius 2 is 1.96 bits per heavy atom. The number of halogens is 2. The van der Waals surface area contributed by atoms with Crippen molar-refractivity contribution in [2.24, 2.45) is 4.99 Å². The third-order valence-electron chi connectivity index (χ3n) is 4.11. The van der Waals surface area contributed by atoms with Gasteiger partial charge in [-0.05, 0) is 17.7 Å². The van der Waals surface area contributed by atoms with E-state index in [0.29, 0.717) is 12.5 Å². The van der Waals surface area contributed by atoms with Gasteiger partial charge in [-0.15, -0.1) is 24.0 Å². The maximum atomic E-state index is 13.2. The van der Waals surface area contributed by atoms with Crippen LogP contribution in [-0.4, -0.2) is 68.0 Å². The van der Waals surface area contributed by atoms with Gasteiger partial charge >= 0.3 is 0 Å². The first-order valence-electron chi connectivity index (χ1n) is 8.25. The van der Waals surface area contributed by atoms with Gasteiger partial charge in [-0.1, -0.05) is 12.1 Å². The van der Waals surface area contributed by atoms with Crippen molar-refractivity contribution in [2.75, 3.05) is 46.3 Å². The highest BCUT2D eigenvalue weighted by Crippen LogP contribution is 2.03. The fourth-order valence-corrected chi connectivity index (χ4v) is 2.67. The van der Waals surface area contributed by atoms with Gasteiger partial charge in [0.05, 0.1) is 0 Å². The minimum absolute atomic E-state index is 0. The van der Waals surface area contributed by atoms with Crippen LogP contribution in [0.25, 0.3) is 0 Å². The average molecular weight is 463 g/mol. The third-order valence-corrected chi connectivity index (χ3v) is 4.11. The zero-order valence-corrected chi connectivity index (χ0v) is 17.1. The molecule has 1 aromatic carbocycles. The summed E-state index contributed by atoms with van der Waals surface area (Å²) in [5.74, 6) is 0.610. The summed E-state index contributed by atoms with van der Waals surface area (Å²) in [6.45, 7) is 7.19. The highest BCUT2D eigenvalue weighted by Gasteiger charge is 2.17. The Morgan fingerprint density at radius 1 is 1.24 bits per heavy atom. The fraction of sp³-hybridized carbons (Fsp3) is 0.529. The zero-order valence-electron chi connectivity index (χ0n) is 14.8. The molecule has 0 saturated carbocycles. The van der Waals surface area contributed by atoms with Crippen molar-refractivity contribution in [2.45, 2.75) is 13.5 Å². The number of piperazine rings is 1. The molecular weight excluding hydrogens is 436 g/mol. The zero-order chi connectivity index (χ0) is 17.4. The van der Waals surface area contributed by atoms with Gasteiger partial charge in [0, 0.05) is 59.8 Å². The predicted molar refractivity (Wildman–Crippen MR) is 109 cm³/mol. The summed E-state index contributed by atoms with van der Waals surface area (Å²) >= 11 is 0. The van der Waals surface area contributed by atoms with E-state index in [9.17, 15) is 9.18 Å². The summed E-state index contributed by atoms with van der Waals surface area (Å²) in [4.78, 5) is 19.7. The van der Waals surface area contributed by atoms with Crippen molar-refractivity contribution < 1.29 is 9.18 Å². The standard InChI is InChI=1S/C17H26FN5O.HI/c1-14(24)23-10-8-22(9-11-23)7-6-20-17(19-2)21-13-15-4-3-5-16(18)12-15;/h3-5,12H,6-11,13H2,1-2H3,(H2,19,20,21);1H. The first-order chi connectivity index (χ1) is 11.6. The Morgan fingerprint density at radius 3 is 2.56 bits per heavy atom. The number of nitrogens with zero attached hydrogens (tertiary/aromatic N) is 3. The Balaban J connectivity index is 0.00000312. The van der Waals surface area contributed by atoms with E-state index in [2.05, 4.69) is 20.5 Å². The first kappa shape index (κ1) is 21.6. The van der Waals surface area contributed by atoms with Crippen molar-refractivity contribution >= 4 is 35.8 Å². The lowest BCUT2D eigenvalue weighted by molar-refractivity contribution is -0.130. The largest absolute Gasteiger partial charge is 0.355 e. The minimum Gasteiger partial charge on any atom is -0.355 e. The predicted octanol–water partition coefficient (Wildman–Crippen LogP) is 1.27. The van der Waals surface area contributed by atoms with Crippen LogP contribution in [0.4, 0.5) is 4.39 Å². The van der Waals surface area contributed by atoms with Crippen molar-refractivity contribution in [3.63, 3.8) is 0 Å². The monoisotopic (exact) mass is 463 g/mol. The summed E-state index contributed by atoms with van der Waals surface area (Å²) in [6.07, 6.45) is 0. The number of amides is 1. The molecule has 0 radical (unpaired) electrons. The number of carbonyl (C=O) groups is 1. The second kappa shape index (κ2) is 11.2. The SMILES string of the molecule is CN=C(NCCN1CCN(C(C)=O)CC1)NCc1cccc(F)c1.I. The number of hydrogen-bond acceptors (Lipinski definition) is 3. The molecule has 6 nitrogen and oxygen atoms in total. The molecule has 1 aliphatic rings. The van der Waals surface area contributed by atoms with E-state index in [0.717, 1.165) is 44.8 Å². The van der Waals surface area contributed by atoms with Crippen LogP contribution in [0.5, 0.6) is 0 Å². The van der Waals surface area contributed by atoms with Crippen LogP contribution < -0.4 is 10.6 Å². The topological polar surface area (TPSA) is 60.0 Å². The van der Waals surface area contributed by atoms with Crippen molar-refractivity contribution in [1.29, 1.82) is 0 Å². The molecule has 25 heavy (non-hydrogen) atoms. The second-order valence-corrected chi connectivity index (χ2v) is 5.83. The van der Waals surface area contributed by atoms with Gasteiger partial charge in [0.2, 0.25) is 5.91 Å². The van der Waals surface area contributed by atoms with Gasteiger partial charge in [0.25, 0.3) is 0 Å². The van der Waals surface area contributed by atoms with E-state index >= 15 is 0 Å². The molecule has 1 aromatic rings. The molecule has 1 heterocycles. The Hall–Kier alpha value is -1.42. The van der Waals surface area contributed by atoms with Gasteiger partial charge in [0.15, 0.2) is 5.96 Å². The number of benzene rings is 1. The number of hydrogen-bond donors (Lipinski definition) is 2. The molecule has 2 N–H and O–H groups in total. The second-order valence-electron chi connectivity index (χ2n) is 5.83. The van der Waals surface area contributed by atoms with Crippen LogP contribution in [0.15, 0.2) is 29.3 Å². The van der Waals surface area contributed by atoms with Gasteiger partial charge in [0.1, 0.15) is 5.82 Å². The van der Waals surface area contributed by atoms with Crippen LogP contribution in [0, 0.1) is 5.82 Å². The quantitative estimate of drug-likeness (QED) is 0.393. The smallest absolute Gasteiger partial charge is 0.219 e. The molecule has 1 fully saturated rings. The molecule has 0 aliphatic carbocycles. The molecule has 0 bridgehead atoms. The normalized spacial score (nSPS) is 15.5. The van der Waals surface area contributed by atoms with Gasteiger partial charge in [-0.3, -0.25) is 14.7 Å². The Labute approximate surface area is 165 Å². The first-order valence-corrected chi connectivity index (χ1v) is 8.25. The van der Waals surface area contributed by atoms with Crippen LogP contribution >= 0.6 is 24.0 Å². The van der Waals surface area contributed by atoms with Crippen molar-refractivity contribution in [1.82, 2.24) is 20.4 Å². The molecule has 0 aromatic heterocycles. The summed E-state index contributed by atoms with van der Waals surface area (Å²) in [5.41, 5.74) is 0.873.